The van der Waals surface area contributed by atoms with Crippen LogP contribution in [0.3, 0.4) is 0 Å². The highest BCUT2D eigenvalue weighted by molar-refractivity contribution is 7.90. The van der Waals surface area contributed by atoms with Crippen molar-refractivity contribution in [3.8, 4) is 0 Å². The molecule has 0 amide bonds. The highest BCUT2D eigenvalue weighted by atomic mass is 32.2. The van der Waals surface area contributed by atoms with E-state index in [0.29, 0.717) is 12.5 Å². The van der Waals surface area contributed by atoms with E-state index in [1.54, 1.807) is 0 Å². The van der Waals surface area contributed by atoms with Gasteiger partial charge < -0.3 is 10.6 Å². The molecule has 0 spiro atoms. The summed E-state index contributed by atoms with van der Waals surface area (Å²) in [6, 6.07) is 0. The molecule has 0 aromatic heterocycles. The van der Waals surface area contributed by atoms with Crippen molar-refractivity contribution < 1.29 is 8.42 Å². The van der Waals surface area contributed by atoms with E-state index >= 15 is 0 Å². The Hall–Kier alpha value is -0.130. The van der Waals surface area contributed by atoms with Crippen molar-refractivity contribution in [1.82, 2.24) is 4.90 Å². The van der Waals surface area contributed by atoms with Crippen LogP contribution in [0.4, 0.5) is 0 Å². The van der Waals surface area contributed by atoms with Crippen LogP contribution in [0.5, 0.6) is 0 Å². The van der Waals surface area contributed by atoms with Gasteiger partial charge in [0, 0.05) is 19.3 Å². The van der Waals surface area contributed by atoms with Gasteiger partial charge in [-0.05, 0) is 32.4 Å². The highest BCUT2D eigenvalue weighted by Gasteiger charge is 2.08. The van der Waals surface area contributed by atoms with Gasteiger partial charge in [0.2, 0.25) is 0 Å². The van der Waals surface area contributed by atoms with E-state index in [1.165, 1.54) is 6.26 Å². The second kappa shape index (κ2) is 7.19. The fourth-order valence-electron chi connectivity index (χ4n) is 1.50. The molecule has 0 aliphatic heterocycles. The largest absolute Gasteiger partial charge is 0.330 e. The molecular weight excluding hydrogens is 212 g/mol. The zero-order valence-electron chi connectivity index (χ0n) is 10.1. The van der Waals surface area contributed by atoms with Crippen molar-refractivity contribution in [3.05, 3.63) is 0 Å². The molecule has 1 atom stereocenters. The third-order valence-electron chi connectivity index (χ3n) is 2.37. The summed E-state index contributed by atoms with van der Waals surface area (Å²) < 4.78 is 21.9. The van der Waals surface area contributed by atoms with Crippen LogP contribution in [0.15, 0.2) is 0 Å². The van der Waals surface area contributed by atoms with E-state index < -0.39 is 9.84 Å². The predicted octanol–water partition coefficient (Wildman–Crippen LogP) is 0.338. The fraction of sp³-hybridized carbons (Fsp3) is 1.00. The van der Waals surface area contributed by atoms with Crippen LogP contribution >= 0.6 is 0 Å². The molecular formula is C10H24N2O2S. The molecule has 0 saturated heterocycles. The molecule has 0 aliphatic carbocycles. The summed E-state index contributed by atoms with van der Waals surface area (Å²) in [5, 5.41) is 0. The predicted molar refractivity (Wildman–Crippen MR) is 64.7 cm³/mol. The molecule has 0 saturated carbocycles. The number of hydrogen-bond donors (Lipinski definition) is 1. The quantitative estimate of drug-likeness (QED) is 0.660. The van der Waals surface area contributed by atoms with Gasteiger partial charge in [-0.25, -0.2) is 8.42 Å². The van der Waals surface area contributed by atoms with Gasteiger partial charge in [0.15, 0.2) is 0 Å². The summed E-state index contributed by atoms with van der Waals surface area (Å²) >= 11 is 0. The van der Waals surface area contributed by atoms with Crippen LogP contribution in [0.1, 0.15) is 19.8 Å². The maximum absolute atomic E-state index is 11.0. The van der Waals surface area contributed by atoms with Gasteiger partial charge in [-0.15, -0.1) is 0 Å². The molecule has 0 fully saturated rings. The maximum Gasteiger partial charge on any atom is 0.148 e. The Balaban J connectivity index is 3.68. The van der Waals surface area contributed by atoms with Crippen molar-refractivity contribution in [2.45, 2.75) is 19.8 Å². The topological polar surface area (TPSA) is 63.4 Å². The van der Waals surface area contributed by atoms with Gasteiger partial charge in [-0.1, -0.05) is 6.92 Å². The normalized spacial score (nSPS) is 14.5. The van der Waals surface area contributed by atoms with Crippen molar-refractivity contribution in [2.24, 2.45) is 11.7 Å². The number of sulfone groups is 1. The van der Waals surface area contributed by atoms with E-state index in [4.69, 9.17) is 5.73 Å². The van der Waals surface area contributed by atoms with Gasteiger partial charge >= 0.3 is 0 Å². The lowest BCUT2D eigenvalue weighted by atomic mass is 10.1. The van der Waals surface area contributed by atoms with E-state index in [0.717, 1.165) is 25.9 Å². The lowest BCUT2D eigenvalue weighted by molar-refractivity contribution is 0.289. The van der Waals surface area contributed by atoms with Crippen LogP contribution in [0.2, 0.25) is 0 Å². The summed E-state index contributed by atoms with van der Waals surface area (Å²) in [6.45, 7) is 4.46. The fourth-order valence-corrected chi connectivity index (χ4v) is 2.15. The average Bonchev–Trinajstić information content (AvgIpc) is 2.10. The summed E-state index contributed by atoms with van der Waals surface area (Å²) in [5.74, 6) is 0.825. The van der Waals surface area contributed by atoms with E-state index in [-0.39, 0.29) is 5.75 Å². The van der Waals surface area contributed by atoms with Crippen molar-refractivity contribution in [3.63, 3.8) is 0 Å². The molecule has 0 aromatic carbocycles. The number of hydrogen-bond acceptors (Lipinski definition) is 4. The smallest absolute Gasteiger partial charge is 0.148 e. The minimum absolute atomic E-state index is 0.243. The van der Waals surface area contributed by atoms with Crippen molar-refractivity contribution in [2.75, 3.05) is 38.7 Å². The standard InChI is InChI=1S/C10H24N2O2S/c1-10(5-4-6-11)9-12(2)7-8-15(3,13)14/h10H,4-9,11H2,1-3H3. The third-order valence-corrected chi connectivity index (χ3v) is 3.29. The second-order valence-corrected chi connectivity index (χ2v) is 6.69. The Morgan fingerprint density at radius 3 is 2.47 bits per heavy atom. The van der Waals surface area contributed by atoms with Crippen molar-refractivity contribution >= 4 is 9.84 Å². The minimum atomic E-state index is -2.83. The van der Waals surface area contributed by atoms with E-state index in [1.807, 2.05) is 7.05 Å². The average molecular weight is 236 g/mol. The molecule has 0 aromatic rings. The van der Waals surface area contributed by atoms with Crippen LogP contribution < -0.4 is 5.73 Å². The third kappa shape index (κ3) is 10.2. The molecule has 0 bridgehead atoms. The molecule has 4 nitrogen and oxygen atoms in total. The zero-order chi connectivity index (χ0) is 11.9. The summed E-state index contributed by atoms with van der Waals surface area (Å²) in [4.78, 5) is 2.07. The maximum atomic E-state index is 11.0. The first-order chi connectivity index (χ1) is 6.85. The van der Waals surface area contributed by atoms with Gasteiger partial charge in [0.25, 0.3) is 0 Å². The SMILES string of the molecule is CC(CCCN)CN(C)CCS(C)(=O)=O. The molecule has 5 heteroatoms. The van der Waals surface area contributed by atoms with Gasteiger partial charge in [0.05, 0.1) is 5.75 Å². The summed E-state index contributed by atoms with van der Waals surface area (Å²) in [6.07, 6.45) is 3.43. The van der Waals surface area contributed by atoms with E-state index in [9.17, 15) is 8.42 Å². The first-order valence-electron chi connectivity index (χ1n) is 5.41. The molecule has 1 unspecified atom stereocenters. The molecule has 0 heterocycles. The monoisotopic (exact) mass is 236 g/mol. The Labute approximate surface area is 93.7 Å². The first kappa shape index (κ1) is 14.9. The Kier molecular flexibility index (Phi) is 7.13. The van der Waals surface area contributed by atoms with Gasteiger partial charge in [-0.2, -0.15) is 0 Å². The number of rotatable bonds is 8. The van der Waals surface area contributed by atoms with Gasteiger partial charge in [0.1, 0.15) is 9.84 Å². The summed E-state index contributed by atoms with van der Waals surface area (Å²) in [7, 11) is -0.871. The molecule has 0 radical (unpaired) electrons. The Morgan fingerprint density at radius 2 is 2.00 bits per heavy atom. The molecule has 15 heavy (non-hydrogen) atoms. The minimum Gasteiger partial charge on any atom is -0.330 e. The lowest BCUT2D eigenvalue weighted by Crippen LogP contribution is -2.29. The Bertz CT molecular complexity index is 252. The summed E-state index contributed by atoms with van der Waals surface area (Å²) in [5.41, 5.74) is 5.43. The molecule has 0 aliphatic rings. The van der Waals surface area contributed by atoms with Crippen LogP contribution in [-0.2, 0) is 9.84 Å². The second-order valence-electron chi connectivity index (χ2n) is 4.43. The highest BCUT2D eigenvalue weighted by Crippen LogP contribution is 2.06. The van der Waals surface area contributed by atoms with Gasteiger partial charge in [-0.3, -0.25) is 0 Å². The lowest BCUT2D eigenvalue weighted by Gasteiger charge is -2.20. The van der Waals surface area contributed by atoms with Crippen LogP contribution in [-0.4, -0.2) is 52.0 Å². The zero-order valence-corrected chi connectivity index (χ0v) is 10.9. The molecule has 0 rings (SSSR count). The first-order valence-corrected chi connectivity index (χ1v) is 7.47. The number of nitrogens with zero attached hydrogens (tertiary/aromatic N) is 1. The van der Waals surface area contributed by atoms with Crippen LogP contribution in [0, 0.1) is 5.92 Å². The molecule has 2 N–H and O–H groups in total. The van der Waals surface area contributed by atoms with E-state index in [2.05, 4.69) is 11.8 Å². The molecule has 92 valence electrons. The van der Waals surface area contributed by atoms with Crippen molar-refractivity contribution in [1.29, 1.82) is 0 Å². The van der Waals surface area contributed by atoms with Crippen LogP contribution in [0.25, 0.3) is 0 Å². The Morgan fingerprint density at radius 1 is 1.40 bits per heavy atom. The number of nitrogens with two attached hydrogens (primary N) is 1.